The van der Waals surface area contributed by atoms with E-state index in [0.29, 0.717) is 0 Å². The first kappa shape index (κ1) is 10.4. The molecule has 0 unspecified atom stereocenters. The van der Waals surface area contributed by atoms with Crippen LogP contribution in [-0.2, 0) is 4.74 Å². The van der Waals surface area contributed by atoms with Crippen molar-refractivity contribution in [3.05, 3.63) is 0 Å². The van der Waals surface area contributed by atoms with Crippen molar-refractivity contribution in [3.63, 3.8) is 0 Å². The van der Waals surface area contributed by atoms with Crippen molar-refractivity contribution >= 4 is 0 Å². The van der Waals surface area contributed by atoms with Gasteiger partial charge in [0.15, 0.2) is 0 Å². The van der Waals surface area contributed by atoms with Gasteiger partial charge < -0.3 is 15.0 Å². The fourth-order valence-corrected chi connectivity index (χ4v) is 2.38. The van der Waals surface area contributed by atoms with Crippen LogP contribution in [-0.4, -0.2) is 50.8 Å². The number of hydrogen-bond acceptors (Lipinski definition) is 3. The molecule has 3 heteroatoms. The molecule has 2 aliphatic rings. The lowest BCUT2D eigenvalue weighted by Gasteiger charge is -2.37. The third-order valence-corrected chi connectivity index (χ3v) is 3.48. The second-order valence-electron chi connectivity index (χ2n) is 4.95. The van der Waals surface area contributed by atoms with Crippen LogP contribution in [0.1, 0.15) is 13.3 Å². The van der Waals surface area contributed by atoms with Gasteiger partial charge in [-0.05, 0) is 25.9 Å². The number of hydrogen-bond donors (Lipinski definition) is 1. The number of nitrogens with zero attached hydrogens (tertiary/aromatic N) is 1. The zero-order chi connectivity index (χ0) is 9.97. The first-order chi connectivity index (χ1) is 6.75. The van der Waals surface area contributed by atoms with Crippen LogP contribution in [0.5, 0.6) is 0 Å². The summed E-state index contributed by atoms with van der Waals surface area (Å²) in [7, 11) is 2.21. The summed E-state index contributed by atoms with van der Waals surface area (Å²) in [5.41, 5.74) is 0. The molecular formula is C11H22N2O. The van der Waals surface area contributed by atoms with Gasteiger partial charge in [0.2, 0.25) is 0 Å². The Balaban J connectivity index is 1.68. The summed E-state index contributed by atoms with van der Waals surface area (Å²) in [4.78, 5) is 2.43. The van der Waals surface area contributed by atoms with Crippen LogP contribution in [0.3, 0.4) is 0 Å². The molecule has 0 spiro atoms. The molecule has 1 N–H and O–H groups in total. The molecule has 2 fully saturated rings. The zero-order valence-electron chi connectivity index (χ0n) is 9.33. The molecule has 0 aliphatic carbocycles. The fourth-order valence-electron chi connectivity index (χ4n) is 2.38. The largest absolute Gasteiger partial charge is 0.381 e. The molecule has 0 radical (unpaired) electrons. The van der Waals surface area contributed by atoms with E-state index in [-0.39, 0.29) is 0 Å². The van der Waals surface area contributed by atoms with E-state index in [2.05, 4.69) is 24.2 Å². The van der Waals surface area contributed by atoms with E-state index in [4.69, 9.17) is 4.74 Å². The van der Waals surface area contributed by atoms with Crippen molar-refractivity contribution in [3.8, 4) is 0 Å². The predicted octanol–water partition coefficient (Wildman–Crippen LogP) is 0.563. The fraction of sp³-hybridized carbons (Fsp3) is 1.00. The highest BCUT2D eigenvalue weighted by Crippen LogP contribution is 2.16. The first-order valence-electron chi connectivity index (χ1n) is 5.75. The molecule has 0 saturated carbocycles. The summed E-state index contributed by atoms with van der Waals surface area (Å²) in [5, 5.41) is 3.69. The SMILES string of the molecule is C[C@@H]1CN(C)CC[C@@H]1NCC1COC1. The molecule has 0 amide bonds. The van der Waals surface area contributed by atoms with Crippen LogP contribution >= 0.6 is 0 Å². The number of likely N-dealkylation sites (tertiary alicyclic amines) is 1. The summed E-state index contributed by atoms with van der Waals surface area (Å²) < 4.78 is 5.17. The molecular weight excluding hydrogens is 176 g/mol. The molecule has 0 aromatic heterocycles. The van der Waals surface area contributed by atoms with Crippen LogP contribution in [0.4, 0.5) is 0 Å². The lowest BCUT2D eigenvalue weighted by atomic mass is 9.93. The molecule has 82 valence electrons. The molecule has 0 bridgehead atoms. The maximum absolute atomic E-state index is 5.17. The van der Waals surface area contributed by atoms with Crippen LogP contribution < -0.4 is 5.32 Å². The van der Waals surface area contributed by atoms with Gasteiger partial charge >= 0.3 is 0 Å². The molecule has 2 rings (SSSR count). The predicted molar refractivity (Wildman–Crippen MR) is 57.4 cm³/mol. The van der Waals surface area contributed by atoms with Gasteiger partial charge in [-0.15, -0.1) is 0 Å². The minimum absolute atomic E-state index is 0.729. The summed E-state index contributed by atoms with van der Waals surface area (Å²) >= 11 is 0. The Morgan fingerprint density at radius 3 is 2.79 bits per heavy atom. The third-order valence-electron chi connectivity index (χ3n) is 3.48. The van der Waals surface area contributed by atoms with Gasteiger partial charge in [0.1, 0.15) is 0 Å². The highest BCUT2D eigenvalue weighted by atomic mass is 16.5. The topological polar surface area (TPSA) is 24.5 Å². The van der Waals surface area contributed by atoms with Crippen molar-refractivity contribution in [2.24, 2.45) is 11.8 Å². The normalized spacial score (nSPS) is 35.6. The van der Waals surface area contributed by atoms with E-state index in [1.165, 1.54) is 19.5 Å². The summed E-state index contributed by atoms with van der Waals surface area (Å²) in [5.74, 6) is 1.57. The number of rotatable bonds is 3. The Morgan fingerprint density at radius 2 is 2.21 bits per heavy atom. The number of piperidine rings is 1. The van der Waals surface area contributed by atoms with Crippen LogP contribution in [0.2, 0.25) is 0 Å². The first-order valence-corrected chi connectivity index (χ1v) is 5.75. The van der Waals surface area contributed by atoms with E-state index in [9.17, 15) is 0 Å². The Labute approximate surface area is 86.8 Å². The standard InChI is InChI=1S/C11H22N2O/c1-9-6-13(2)4-3-11(9)12-5-10-7-14-8-10/h9-12H,3-8H2,1-2H3/t9-,11+/m1/s1. The maximum atomic E-state index is 5.17. The summed E-state index contributed by atoms with van der Waals surface area (Å²) in [6, 6.07) is 0.729. The minimum atomic E-state index is 0.729. The van der Waals surface area contributed by atoms with Gasteiger partial charge in [0.05, 0.1) is 13.2 Å². The second-order valence-corrected chi connectivity index (χ2v) is 4.95. The second kappa shape index (κ2) is 4.60. The highest BCUT2D eigenvalue weighted by Gasteiger charge is 2.25. The Morgan fingerprint density at radius 1 is 1.43 bits per heavy atom. The van der Waals surface area contributed by atoms with Gasteiger partial charge in [0, 0.05) is 25.0 Å². The molecule has 2 saturated heterocycles. The van der Waals surface area contributed by atoms with E-state index in [1.807, 2.05) is 0 Å². The van der Waals surface area contributed by atoms with E-state index >= 15 is 0 Å². The Hall–Kier alpha value is -0.120. The van der Waals surface area contributed by atoms with Gasteiger partial charge in [-0.3, -0.25) is 0 Å². The van der Waals surface area contributed by atoms with Crippen molar-refractivity contribution in [1.29, 1.82) is 0 Å². The van der Waals surface area contributed by atoms with E-state index < -0.39 is 0 Å². The molecule has 2 heterocycles. The lowest BCUT2D eigenvalue weighted by molar-refractivity contribution is -0.0332. The van der Waals surface area contributed by atoms with Crippen LogP contribution in [0.25, 0.3) is 0 Å². The van der Waals surface area contributed by atoms with Crippen molar-refractivity contribution in [1.82, 2.24) is 10.2 Å². The number of ether oxygens (including phenoxy) is 1. The van der Waals surface area contributed by atoms with Crippen LogP contribution in [0, 0.1) is 11.8 Å². The molecule has 14 heavy (non-hydrogen) atoms. The van der Waals surface area contributed by atoms with Crippen molar-refractivity contribution < 1.29 is 4.74 Å². The van der Waals surface area contributed by atoms with E-state index in [0.717, 1.165) is 37.6 Å². The Bertz CT molecular complexity index is 182. The minimum Gasteiger partial charge on any atom is -0.381 e. The maximum Gasteiger partial charge on any atom is 0.0528 e. The average molecular weight is 198 g/mol. The van der Waals surface area contributed by atoms with E-state index in [1.54, 1.807) is 0 Å². The van der Waals surface area contributed by atoms with Crippen molar-refractivity contribution in [2.45, 2.75) is 19.4 Å². The van der Waals surface area contributed by atoms with Crippen LogP contribution in [0.15, 0.2) is 0 Å². The summed E-state index contributed by atoms with van der Waals surface area (Å²) in [6.07, 6.45) is 1.30. The molecule has 0 aromatic carbocycles. The number of nitrogens with one attached hydrogen (secondary N) is 1. The third kappa shape index (κ3) is 2.47. The molecule has 2 atom stereocenters. The molecule has 3 nitrogen and oxygen atoms in total. The summed E-state index contributed by atoms with van der Waals surface area (Å²) in [6.45, 7) is 7.91. The monoisotopic (exact) mass is 198 g/mol. The molecule has 2 aliphatic heterocycles. The van der Waals surface area contributed by atoms with Gasteiger partial charge in [-0.25, -0.2) is 0 Å². The van der Waals surface area contributed by atoms with Gasteiger partial charge in [-0.1, -0.05) is 6.92 Å². The highest BCUT2D eigenvalue weighted by molar-refractivity contribution is 4.82. The quantitative estimate of drug-likeness (QED) is 0.717. The molecule has 0 aromatic rings. The zero-order valence-corrected chi connectivity index (χ0v) is 9.33. The smallest absolute Gasteiger partial charge is 0.0528 e. The van der Waals surface area contributed by atoms with Crippen molar-refractivity contribution in [2.75, 3.05) is 39.9 Å². The Kier molecular flexibility index (Phi) is 3.42. The van der Waals surface area contributed by atoms with Gasteiger partial charge in [0.25, 0.3) is 0 Å². The average Bonchev–Trinajstić information content (AvgIpc) is 2.05. The lowest BCUT2D eigenvalue weighted by Crippen LogP contribution is -2.49. The van der Waals surface area contributed by atoms with Gasteiger partial charge in [-0.2, -0.15) is 0 Å².